The summed E-state index contributed by atoms with van der Waals surface area (Å²) in [4.78, 5) is 17.5. The normalized spacial score (nSPS) is 23.4. The summed E-state index contributed by atoms with van der Waals surface area (Å²) in [6.45, 7) is 4.67. The van der Waals surface area contributed by atoms with Gasteiger partial charge in [-0.3, -0.25) is 9.78 Å². The molecule has 2 aromatic rings. The first-order valence-corrected chi connectivity index (χ1v) is 8.97. The highest BCUT2D eigenvalue weighted by Gasteiger charge is 2.42. The first-order valence-electron chi connectivity index (χ1n) is 8.97. The quantitative estimate of drug-likeness (QED) is 0.886. The Morgan fingerprint density at radius 3 is 2.96 bits per heavy atom. The fourth-order valence-electron chi connectivity index (χ4n) is 3.84. The molecule has 1 saturated carbocycles. The van der Waals surface area contributed by atoms with Crippen molar-refractivity contribution in [3.8, 4) is 5.75 Å². The SMILES string of the molecule is CCO[C@@]1(C(=O)Nc2ccc(OC)c3ncccc23)CCC[C@@H](C)C1. The number of amides is 1. The molecule has 1 N–H and O–H groups in total. The average molecular weight is 342 g/mol. The van der Waals surface area contributed by atoms with Crippen LogP contribution in [-0.4, -0.2) is 30.2 Å². The topological polar surface area (TPSA) is 60.5 Å². The third-order valence-electron chi connectivity index (χ3n) is 4.99. The number of hydrogen-bond donors (Lipinski definition) is 1. The van der Waals surface area contributed by atoms with Crippen LogP contribution < -0.4 is 10.1 Å². The Balaban J connectivity index is 1.93. The smallest absolute Gasteiger partial charge is 0.256 e. The molecule has 0 saturated heterocycles. The summed E-state index contributed by atoms with van der Waals surface area (Å²) in [7, 11) is 1.62. The molecule has 1 amide bonds. The molecule has 5 heteroatoms. The molecule has 134 valence electrons. The number of carbonyl (C=O) groups excluding carboxylic acids is 1. The van der Waals surface area contributed by atoms with Crippen LogP contribution in [0.4, 0.5) is 5.69 Å². The third kappa shape index (κ3) is 3.47. The number of aromatic nitrogens is 1. The summed E-state index contributed by atoms with van der Waals surface area (Å²) >= 11 is 0. The van der Waals surface area contributed by atoms with E-state index in [-0.39, 0.29) is 5.91 Å². The van der Waals surface area contributed by atoms with E-state index in [1.165, 1.54) is 0 Å². The van der Waals surface area contributed by atoms with E-state index in [4.69, 9.17) is 9.47 Å². The summed E-state index contributed by atoms with van der Waals surface area (Å²) in [5.74, 6) is 1.12. The summed E-state index contributed by atoms with van der Waals surface area (Å²) in [6.07, 6.45) is 5.42. The average Bonchev–Trinajstić information content (AvgIpc) is 2.62. The Morgan fingerprint density at radius 1 is 1.40 bits per heavy atom. The largest absolute Gasteiger partial charge is 0.494 e. The number of ether oxygens (including phenoxy) is 2. The highest BCUT2D eigenvalue weighted by atomic mass is 16.5. The molecule has 1 aromatic carbocycles. The fourth-order valence-corrected chi connectivity index (χ4v) is 3.84. The van der Waals surface area contributed by atoms with Crippen molar-refractivity contribution >= 4 is 22.5 Å². The number of fused-ring (bicyclic) bond motifs is 1. The number of hydrogen-bond acceptors (Lipinski definition) is 4. The summed E-state index contributed by atoms with van der Waals surface area (Å²) in [6, 6.07) is 7.50. The van der Waals surface area contributed by atoms with E-state index < -0.39 is 5.60 Å². The molecule has 3 rings (SSSR count). The van der Waals surface area contributed by atoms with E-state index in [9.17, 15) is 4.79 Å². The predicted molar refractivity (Wildman–Crippen MR) is 98.9 cm³/mol. The Morgan fingerprint density at radius 2 is 2.24 bits per heavy atom. The van der Waals surface area contributed by atoms with E-state index in [1.54, 1.807) is 13.3 Å². The van der Waals surface area contributed by atoms with Gasteiger partial charge in [0.15, 0.2) is 0 Å². The van der Waals surface area contributed by atoms with Gasteiger partial charge in [0.05, 0.1) is 12.8 Å². The van der Waals surface area contributed by atoms with E-state index in [1.807, 2.05) is 31.2 Å². The molecule has 5 nitrogen and oxygen atoms in total. The van der Waals surface area contributed by atoms with Crippen molar-refractivity contribution in [1.82, 2.24) is 4.98 Å². The second-order valence-electron chi connectivity index (χ2n) is 6.80. The van der Waals surface area contributed by atoms with Gasteiger partial charge in [-0.15, -0.1) is 0 Å². The van der Waals surface area contributed by atoms with Crippen LogP contribution in [-0.2, 0) is 9.53 Å². The molecule has 1 aromatic heterocycles. The van der Waals surface area contributed by atoms with Crippen molar-refractivity contribution in [3.63, 3.8) is 0 Å². The van der Waals surface area contributed by atoms with Gasteiger partial charge in [-0.05, 0) is 56.4 Å². The summed E-state index contributed by atoms with van der Waals surface area (Å²) in [5, 5.41) is 3.96. The van der Waals surface area contributed by atoms with Crippen molar-refractivity contribution < 1.29 is 14.3 Å². The maximum Gasteiger partial charge on any atom is 0.256 e. The van der Waals surface area contributed by atoms with E-state index in [0.29, 0.717) is 18.3 Å². The zero-order valence-electron chi connectivity index (χ0n) is 15.2. The standard InChI is InChI=1S/C20H26N2O3/c1-4-25-20(11-5-7-14(2)13-20)19(23)22-16-9-10-17(24-3)18-15(16)8-6-12-21-18/h6,8-10,12,14H,4-5,7,11,13H2,1-3H3,(H,22,23)/t14-,20+/m1/s1. The van der Waals surface area contributed by atoms with Gasteiger partial charge in [-0.1, -0.05) is 13.3 Å². The van der Waals surface area contributed by atoms with E-state index in [2.05, 4.69) is 17.2 Å². The second kappa shape index (κ2) is 7.40. The maximum atomic E-state index is 13.1. The van der Waals surface area contributed by atoms with Crippen molar-refractivity contribution in [2.24, 2.45) is 5.92 Å². The Labute approximate surface area is 148 Å². The van der Waals surface area contributed by atoms with Crippen LogP contribution in [0.2, 0.25) is 0 Å². The highest BCUT2D eigenvalue weighted by Crippen LogP contribution is 2.37. The minimum absolute atomic E-state index is 0.0591. The van der Waals surface area contributed by atoms with Crippen molar-refractivity contribution in [3.05, 3.63) is 30.5 Å². The number of methoxy groups -OCH3 is 1. The van der Waals surface area contributed by atoms with Gasteiger partial charge >= 0.3 is 0 Å². The number of anilines is 1. The van der Waals surface area contributed by atoms with Gasteiger partial charge in [0.1, 0.15) is 16.9 Å². The predicted octanol–water partition coefficient (Wildman–Crippen LogP) is 4.17. The van der Waals surface area contributed by atoms with Gasteiger partial charge in [0, 0.05) is 18.2 Å². The number of carbonyl (C=O) groups is 1. The zero-order valence-corrected chi connectivity index (χ0v) is 15.2. The van der Waals surface area contributed by atoms with Crippen molar-refractivity contribution in [1.29, 1.82) is 0 Å². The molecule has 0 bridgehead atoms. The number of nitrogens with zero attached hydrogens (tertiary/aromatic N) is 1. The van der Waals surface area contributed by atoms with Crippen LogP contribution in [0.5, 0.6) is 5.75 Å². The lowest BCUT2D eigenvalue weighted by Crippen LogP contribution is -2.48. The van der Waals surface area contributed by atoms with Crippen LogP contribution in [0.3, 0.4) is 0 Å². The lowest BCUT2D eigenvalue weighted by atomic mass is 9.78. The van der Waals surface area contributed by atoms with E-state index in [0.717, 1.165) is 42.3 Å². The van der Waals surface area contributed by atoms with E-state index >= 15 is 0 Å². The molecule has 0 spiro atoms. The van der Waals surface area contributed by atoms with Gasteiger partial charge in [-0.2, -0.15) is 0 Å². The highest BCUT2D eigenvalue weighted by molar-refractivity contribution is 6.05. The van der Waals surface area contributed by atoms with Crippen LogP contribution in [0.15, 0.2) is 30.5 Å². The van der Waals surface area contributed by atoms with Crippen LogP contribution in [0.1, 0.15) is 39.5 Å². The number of rotatable bonds is 5. The monoisotopic (exact) mass is 342 g/mol. The van der Waals surface area contributed by atoms with Crippen LogP contribution in [0, 0.1) is 5.92 Å². The Hall–Kier alpha value is -2.14. The third-order valence-corrected chi connectivity index (χ3v) is 4.99. The van der Waals surface area contributed by atoms with Crippen LogP contribution >= 0.6 is 0 Å². The first-order chi connectivity index (χ1) is 12.1. The number of benzene rings is 1. The van der Waals surface area contributed by atoms with Crippen molar-refractivity contribution in [2.45, 2.75) is 45.1 Å². The Kier molecular flexibility index (Phi) is 5.23. The molecule has 25 heavy (non-hydrogen) atoms. The summed E-state index contributed by atoms with van der Waals surface area (Å²) in [5.41, 5.74) is 0.748. The van der Waals surface area contributed by atoms with Gasteiger partial charge in [0.2, 0.25) is 0 Å². The molecule has 1 heterocycles. The number of pyridine rings is 1. The minimum atomic E-state index is -0.735. The first kappa shape index (κ1) is 17.7. The molecule has 0 radical (unpaired) electrons. The Bertz CT molecular complexity index is 758. The molecular weight excluding hydrogens is 316 g/mol. The lowest BCUT2D eigenvalue weighted by molar-refractivity contribution is -0.147. The molecule has 2 atom stereocenters. The van der Waals surface area contributed by atoms with Crippen LogP contribution in [0.25, 0.3) is 10.9 Å². The molecule has 1 aliphatic carbocycles. The minimum Gasteiger partial charge on any atom is -0.494 e. The van der Waals surface area contributed by atoms with Gasteiger partial charge in [0.25, 0.3) is 5.91 Å². The zero-order chi connectivity index (χ0) is 17.9. The van der Waals surface area contributed by atoms with Crippen molar-refractivity contribution in [2.75, 3.05) is 19.0 Å². The lowest BCUT2D eigenvalue weighted by Gasteiger charge is -2.38. The molecule has 1 aliphatic rings. The van der Waals surface area contributed by atoms with Gasteiger partial charge < -0.3 is 14.8 Å². The molecular formula is C20H26N2O3. The maximum absolute atomic E-state index is 13.1. The molecule has 0 aliphatic heterocycles. The fraction of sp³-hybridized carbons (Fsp3) is 0.500. The number of nitrogens with one attached hydrogen (secondary N) is 1. The van der Waals surface area contributed by atoms with Gasteiger partial charge in [-0.25, -0.2) is 0 Å². The summed E-state index contributed by atoms with van der Waals surface area (Å²) < 4.78 is 11.4. The molecule has 0 unspecified atom stereocenters. The molecule has 1 fully saturated rings. The second-order valence-corrected chi connectivity index (χ2v) is 6.80.